The molecule has 3 atom stereocenters. The molecule has 0 aliphatic carbocycles. The van der Waals surface area contributed by atoms with Gasteiger partial charge in [-0.05, 0) is 49.1 Å². The fourth-order valence-corrected chi connectivity index (χ4v) is 6.18. The van der Waals surface area contributed by atoms with Crippen molar-refractivity contribution in [2.45, 2.75) is 64.1 Å². The van der Waals surface area contributed by atoms with Crippen molar-refractivity contribution in [3.63, 3.8) is 0 Å². The van der Waals surface area contributed by atoms with Crippen molar-refractivity contribution in [2.24, 2.45) is 0 Å². The summed E-state index contributed by atoms with van der Waals surface area (Å²) in [6, 6.07) is 9.75. The molecule has 1 aromatic carbocycles. The number of carbonyl (C=O) groups excluding carboxylic acids is 1. The van der Waals surface area contributed by atoms with Gasteiger partial charge in [0.05, 0.1) is 31.1 Å². The monoisotopic (exact) mass is 595 g/mol. The zero-order valence-electron chi connectivity index (χ0n) is 24.1. The van der Waals surface area contributed by atoms with Crippen LogP contribution in [-0.4, -0.2) is 91.3 Å². The Bertz CT molecular complexity index is 1140. The molecule has 0 saturated carbocycles. The van der Waals surface area contributed by atoms with E-state index in [2.05, 4.69) is 48.9 Å². The third-order valence-electron chi connectivity index (χ3n) is 8.36. The van der Waals surface area contributed by atoms with Crippen LogP contribution in [0.4, 0.5) is 10.1 Å². The van der Waals surface area contributed by atoms with Gasteiger partial charge < -0.3 is 15.0 Å². The van der Waals surface area contributed by atoms with Crippen LogP contribution >= 0.6 is 24.8 Å². The van der Waals surface area contributed by atoms with Crippen LogP contribution in [0.3, 0.4) is 0 Å². The lowest BCUT2D eigenvalue weighted by Crippen LogP contribution is -2.62. The molecule has 3 aliphatic rings. The Morgan fingerprint density at radius 2 is 1.90 bits per heavy atom. The number of nitrogens with zero attached hydrogens (tertiary/aromatic N) is 4. The van der Waals surface area contributed by atoms with Crippen LogP contribution in [-0.2, 0) is 21.4 Å². The summed E-state index contributed by atoms with van der Waals surface area (Å²) in [4.78, 5) is 25.6. The molecule has 2 aromatic rings. The molecule has 3 aliphatic heterocycles. The maximum atomic E-state index is 13.9. The molecular weight excluding hydrogens is 552 g/mol. The largest absolute Gasteiger partial charge is 0.378 e. The van der Waals surface area contributed by atoms with Crippen molar-refractivity contribution < 1.29 is 13.9 Å². The number of morpholine rings is 1. The van der Waals surface area contributed by atoms with Gasteiger partial charge in [0.15, 0.2) is 0 Å². The molecule has 0 unspecified atom stereocenters. The maximum absolute atomic E-state index is 13.9. The number of amides is 1. The van der Waals surface area contributed by atoms with Crippen molar-refractivity contribution >= 4 is 36.4 Å². The van der Waals surface area contributed by atoms with E-state index in [0.717, 1.165) is 68.3 Å². The smallest absolute Gasteiger partial charge is 0.241 e. The van der Waals surface area contributed by atoms with Gasteiger partial charge in [-0.3, -0.25) is 19.6 Å². The highest BCUT2D eigenvalue weighted by atomic mass is 35.5. The van der Waals surface area contributed by atoms with Crippen molar-refractivity contribution in [3.8, 4) is 0 Å². The predicted molar refractivity (Wildman–Crippen MR) is 163 cm³/mol. The van der Waals surface area contributed by atoms with Gasteiger partial charge in [0, 0.05) is 62.5 Å². The fraction of sp³-hybridized carbons (Fsp3) is 0.600. The third kappa shape index (κ3) is 7.33. The molecule has 1 amide bonds. The Hall–Kier alpha value is -1.81. The molecule has 5 rings (SSSR count). The standard InChI is InChI=1S/C30H42FN5O2.2ClH/c1-5-25-19-38-11-10-34(25)17-26-15-32-21(2)16-35(26)18-28(37)36-20-30(3,4)29-27(36)13-23(14-33-29)12-22-6-8-24(31)9-7-22;;/h6-9,13-14,21,25-26,32H,5,10-12,15-20H2,1-4H3;2*1H/t21-,25-,26-;;/m1../s1. The average molecular weight is 597 g/mol. The van der Waals surface area contributed by atoms with Gasteiger partial charge in [0.1, 0.15) is 5.82 Å². The Balaban J connectivity index is 0.00000220. The zero-order valence-corrected chi connectivity index (χ0v) is 25.7. The predicted octanol–water partition coefficient (Wildman–Crippen LogP) is 4.05. The molecule has 7 nitrogen and oxygen atoms in total. The number of aromatic nitrogens is 1. The van der Waals surface area contributed by atoms with Gasteiger partial charge in [-0.1, -0.05) is 32.9 Å². The van der Waals surface area contributed by atoms with E-state index >= 15 is 0 Å². The Kier molecular flexibility index (Phi) is 11.4. The second kappa shape index (κ2) is 13.9. The first-order valence-electron chi connectivity index (χ1n) is 14.1. The van der Waals surface area contributed by atoms with Gasteiger partial charge in [-0.2, -0.15) is 0 Å². The molecule has 0 spiro atoms. The number of halogens is 3. The third-order valence-corrected chi connectivity index (χ3v) is 8.36. The van der Waals surface area contributed by atoms with Gasteiger partial charge in [0.25, 0.3) is 0 Å². The normalized spacial score (nSPS) is 24.6. The number of hydrogen-bond donors (Lipinski definition) is 1. The number of hydrogen-bond acceptors (Lipinski definition) is 6. The molecule has 1 aromatic heterocycles. The lowest BCUT2D eigenvalue weighted by atomic mass is 9.91. The van der Waals surface area contributed by atoms with Crippen molar-refractivity contribution in [3.05, 3.63) is 59.2 Å². The summed E-state index contributed by atoms with van der Waals surface area (Å²) in [6.07, 6.45) is 3.62. The Morgan fingerprint density at radius 3 is 2.62 bits per heavy atom. The van der Waals surface area contributed by atoms with Crippen LogP contribution in [0.1, 0.15) is 50.9 Å². The molecule has 4 heterocycles. The first kappa shape index (κ1) is 32.7. The van der Waals surface area contributed by atoms with Gasteiger partial charge >= 0.3 is 0 Å². The second-order valence-corrected chi connectivity index (χ2v) is 11.9. The second-order valence-electron chi connectivity index (χ2n) is 11.9. The number of fused-ring (bicyclic) bond motifs is 1. The lowest BCUT2D eigenvalue weighted by Gasteiger charge is -2.44. The number of piperazine rings is 1. The summed E-state index contributed by atoms with van der Waals surface area (Å²) in [6.45, 7) is 14.9. The van der Waals surface area contributed by atoms with E-state index in [1.165, 1.54) is 12.1 Å². The zero-order chi connectivity index (χ0) is 26.9. The molecule has 0 bridgehead atoms. The maximum Gasteiger partial charge on any atom is 0.241 e. The summed E-state index contributed by atoms with van der Waals surface area (Å²) in [5.74, 6) is -0.107. The van der Waals surface area contributed by atoms with Crippen LogP contribution in [0.2, 0.25) is 0 Å². The van der Waals surface area contributed by atoms with E-state index in [9.17, 15) is 9.18 Å². The summed E-state index contributed by atoms with van der Waals surface area (Å²) in [5, 5.41) is 3.63. The Labute approximate surface area is 250 Å². The van der Waals surface area contributed by atoms with Crippen LogP contribution in [0.25, 0.3) is 0 Å². The minimum Gasteiger partial charge on any atom is -0.378 e. The number of carbonyl (C=O) groups is 1. The number of anilines is 1. The number of pyridine rings is 1. The minimum absolute atomic E-state index is 0. The van der Waals surface area contributed by atoms with Gasteiger partial charge in [0.2, 0.25) is 5.91 Å². The summed E-state index contributed by atoms with van der Waals surface area (Å²) < 4.78 is 19.1. The number of benzene rings is 1. The van der Waals surface area contributed by atoms with Gasteiger partial charge in [-0.25, -0.2) is 4.39 Å². The average Bonchev–Trinajstić information content (AvgIpc) is 3.17. The van der Waals surface area contributed by atoms with Crippen molar-refractivity contribution in [1.29, 1.82) is 0 Å². The highest BCUT2D eigenvalue weighted by molar-refractivity contribution is 5.97. The molecule has 10 heteroatoms. The number of rotatable bonds is 7. The fourth-order valence-electron chi connectivity index (χ4n) is 6.18. The minimum atomic E-state index is -0.237. The van der Waals surface area contributed by atoms with Crippen LogP contribution in [0, 0.1) is 5.82 Å². The van der Waals surface area contributed by atoms with E-state index < -0.39 is 0 Å². The molecular formula is C30H44Cl2FN5O2. The summed E-state index contributed by atoms with van der Waals surface area (Å²) >= 11 is 0. The molecule has 0 radical (unpaired) electrons. The highest BCUT2D eigenvalue weighted by Crippen LogP contribution is 2.39. The van der Waals surface area contributed by atoms with E-state index in [4.69, 9.17) is 9.72 Å². The number of ether oxygens (including phenoxy) is 1. The molecule has 40 heavy (non-hydrogen) atoms. The molecule has 222 valence electrons. The first-order chi connectivity index (χ1) is 18.2. The van der Waals surface area contributed by atoms with E-state index in [1.807, 2.05) is 11.1 Å². The van der Waals surface area contributed by atoms with Crippen LogP contribution in [0.15, 0.2) is 36.5 Å². The highest BCUT2D eigenvalue weighted by Gasteiger charge is 2.41. The summed E-state index contributed by atoms with van der Waals surface area (Å²) in [5.41, 5.74) is 3.72. The van der Waals surface area contributed by atoms with Crippen molar-refractivity contribution in [2.75, 3.05) is 57.4 Å². The van der Waals surface area contributed by atoms with Gasteiger partial charge in [-0.15, -0.1) is 24.8 Å². The SMILES string of the molecule is CC[C@@H]1COCCN1C[C@H]1CN[C@H](C)CN1CC(=O)N1CC(C)(C)c2ncc(Cc3ccc(F)cc3)cc21.Cl.Cl. The lowest BCUT2D eigenvalue weighted by molar-refractivity contribution is -0.121. The first-order valence-corrected chi connectivity index (χ1v) is 14.1. The quantitative estimate of drug-likeness (QED) is 0.521. The Morgan fingerprint density at radius 1 is 1.15 bits per heavy atom. The molecule has 2 fully saturated rings. The van der Waals surface area contributed by atoms with E-state index in [1.54, 1.807) is 12.1 Å². The number of nitrogens with one attached hydrogen (secondary N) is 1. The van der Waals surface area contributed by atoms with E-state index in [-0.39, 0.29) is 48.0 Å². The van der Waals surface area contributed by atoms with Crippen LogP contribution < -0.4 is 10.2 Å². The van der Waals surface area contributed by atoms with E-state index in [0.29, 0.717) is 31.6 Å². The summed E-state index contributed by atoms with van der Waals surface area (Å²) in [7, 11) is 0. The molecule has 2 saturated heterocycles. The topological polar surface area (TPSA) is 60.9 Å². The molecule has 1 N–H and O–H groups in total. The van der Waals surface area contributed by atoms with Crippen molar-refractivity contribution in [1.82, 2.24) is 20.1 Å². The van der Waals surface area contributed by atoms with Crippen LogP contribution in [0.5, 0.6) is 0 Å².